The normalized spacial score (nSPS) is 23.5. The molecule has 2 atom stereocenters. The lowest BCUT2D eigenvalue weighted by Crippen LogP contribution is -2.48. The highest BCUT2D eigenvalue weighted by molar-refractivity contribution is 5.87. The van der Waals surface area contributed by atoms with Crippen LogP contribution in [0, 0.1) is 5.92 Å². The van der Waals surface area contributed by atoms with Crippen LogP contribution in [0.1, 0.15) is 39.5 Å². The van der Waals surface area contributed by atoms with Gasteiger partial charge >= 0.3 is 0 Å². The molecule has 1 fully saturated rings. The van der Waals surface area contributed by atoms with Gasteiger partial charge in [-0.1, -0.05) is 23.8 Å². The second-order valence-electron chi connectivity index (χ2n) is 5.65. The summed E-state index contributed by atoms with van der Waals surface area (Å²) < 4.78 is 0. The lowest BCUT2D eigenvalue weighted by Gasteiger charge is -2.21. The first-order valence-corrected chi connectivity index (χ1v) is 6.98. The zero-order valence-corrected chi connectivity index (χ0v) is 11.6. The maximum absolute atomic E-state index is 12.0. The van der Waals surface area contributed by atoms with Crippen molar-refractivity contribution >= 4 is 11.8 Å². The van der Waals surface area contributed by atoms with Crippen molar-refractivity contribution in [1.29, 1.82) is 0 Å². The minimum atomic E-state index is -0.467. The monoisotopic (exact) mass is 262 g/mol. The number of hydrogen-bond donors (Lipinski definition) is 2. The van der Waals surface area contributed by atoms with Crippen molar-refractivity contribution in [3.05, 3.63) is 23.8 Å². The molecule has 2 amide bonds. The van der Waals surface area contributed by atoms with Crippen LogP contribution < -0.4 is 10.6 Å². The minimum absolute atomic E-state index is 0.0135. The summed E-state index contributed by atoms with van der Waals surface area (Å²) in [4.78, 5) is 23.6. The van der Waals surface area contributed by atoms with Crippen LogP contribution in [-0.4, -0.2) is 23.9 Å². The minimum Gasteiger partial charge on any atom is -0.348 e. The molecule has 104 valence electrons. The highest BCUT2D eigenvalue weighted by atomic mass is 16.2. The zero-order chi connectivity index (χ0) is 13.8. The molecule has 0 saturated heterocycles. The van der Waals surface area contributed by atoms with E-state index in [9.17, 15) is 9.59 Å². The first-order valence-electron chi connectivity index (χ1n) is 6.98. The third kappa shape index (κ3) is 4.54. The molecule has 2 rings (SSSR count). The van der Waals surface area contributed by atoms with Gasteiger partial charge in [0.15, 0.2) is 0 Å². The summed E-state index contributed by atoms with van der Waals surface area (Å²) in [5.41, 5.74) is 1.25. The summed E-state index contributed by atoms with van der Waals surface area (Å²) in [6.07, 6.45) is 9.67. The van der Waals surface area contributed by atoms with Gasteiger partial charge in [-0.25, -0.2) is 0 Å². The summed E-state index contributed by atoms with van der Waals surface area (Å²) in [6.45, 7) is 3.78. The Morgan fingerprint density at radius 2 is 2.16 bits per heavy atom. The Labute approximate surface area is 114 Å². The van der Waals surface area contributed by atoms with Crippen molar-refractivity contribution in [1.82, 2.24) is 10.6 Å². The summed E-state index contributed by atoms with van der Waals surface area (Å²) in [5, 5.41) is 5.70. The van der Waals surface area contributed by atoms with Gasteiger partial charge in [-0.15, -0.1) is 0 Å². The lowest BCUT2D eigenvalue weighted by molar-refractivity contribution is -0.129. The Balaban J connectivity index is 1.74. The van der Waals surface area contributed by atoms with Gasteiger partial charge in [0.1, 0.15) is 6.04 Å². The summed E-state index contributed by atoms with van der Waals surface area (Å²) in [7, 11) is 0. The highest BCUT2D eigenvalue weighted by Gasteiger charge is 2.26. The molecule has 0 bridgehead atoms. The number of carbonyl (C=O) groups excluding carboxylic acids is 2. The molecule has 0 aromatic carbocycles. The Kier molecular flexibility index (Phi) is 4.40. The maximum atomic E-state index is 12.0. The van der Waals surface area contributed by atoms with Crippen LogP contribution in [0.4, 0.5) is 0 Å². The Bertz CT molecular complexity index is 422. The fourth-order valence-electron chi connectivity index (χ4n) is 2.19. The molecular formula is C15H22N2O2. The Morgan fingerprint density at radius 3 is 2.79 bits per heavy atom. The molecule has 0 heterocycles. The van der Waals surface area contributed by atoms with Crippen LogP contribution in [-0.2, 0) is 9.59 Å². The van der Waals surface area contributed by atoms with E-state index in [0.717, 1.165) is 19.3 Å². The van der Waals surface area contributed by atoms with Crippen LogP contribution in [0.25, 0.3) is 0 Å². The van der Waals surface area contributed by atoms with Gasteiger partial charge in [0.05, 0.1) is 6.04 Å². The molecule has 2 aliphatic rings. The maximum Gasteiger partial charge on any atom is 0.242 e. The van der Waals surface area contributed by atoms with Crippen molar-refractivity contribution in [3.63, 3.8) is 0 Å². The van der Waals surface area contributed by atoms with Crippen LogP contribution in [0.2, 0.25) is 0 Å². The standard InChI is InChI=1S/C15H22N2O2/c1-10-4-3-5-13(8-10)17-15(19)11(2)16-14(18)9-12-6-7-12/h3-5,11-13H,6-9H2,1-2H3,(H,16,18)(H,17,19)/t11-,13+/m0/s1. The molecule has 0 aromatic rings. The molecule has 0 aliphatic heterocycles. The highest BCUT2D eigenvalue weighted by Crippen LogP contribution is 2.32. The van der Waals surface area contributed by atoms with Gasteiger partial charge in [-0.3, -0.25) is 9.59 Å². The summed E-state index contributed by atoms with van der Waals surface area (Å²) >= 11 is 0. The van der Waals surface area contributed by atoms with Gasteiger partial charge in [0.25, 0.3) is 0 Å². The van der Waals surface area contributed by atoms with E-state index < -0.39 is 6.04 Å². The molecule has 19 heavy (non-hydrogen) atoms. The first-order chi connectivity index (χ1) is 9.04. The second-order valence-corrected chi connectivity index (χ2v) is 5.65. The van der Waals surface area contributed by atoms with E-state index in [4.69, 9.17) is 0 Å². The molecule has 0 radical (unpaired) electrons. The van der Waals surface area contributed by atoms with Crippen molar-refractivity contribution in [2.45, 2.75) is 51.6 Å². The molecule has 1 saturated carbocycles. The third-order valence-corrected chi connectivity index (χ3v) is 3.54. The fourth-order valence-corrected chi connectivity index (χ4v) is 2.19. The topological polar surface area (TPSA) is 58.2 Å². The molecule has 0 unspecified atom stereocenters. The van der Waals surface area contributed by atoms with Gasteiger partial charge in [-0.05, 0) is 39.0 Å². The van der Waals surface area contributed by atoms with Gasteiger partial charge in [0, 0.05) is 6.42 Å². The molecule has 2 N–H and O–H groups in total. The number of carbonyl (C=O) groups is 2. The molecule has 2 aliphatic carbocycles. The lowest BCUT2D eigenvalue weighted by atomic mass is 10.0. The van der Waals surface area contributed by atoms with Gasteiger partial charge < -0.3 is 10.6 Å². The quantitative estimate of drug-likeness (QED) is 0.792. The number of hydrogen-bond acceptors (Lipinski definition) is 2. The Morgan fingerprint density at radius 1 is 1.42 bits per heavy atom. The van der Waals surface area contributed by atoms with E-state index >= 15 is 0 Å². The van der Waals surface area contributed by atoms with Crippen molar-refractivity contribution in [2.75, 3.05) is 0 Å². The van der Waals surface area contributed by atoms with E-state index in [1.807, 2.05) is 25.2 Å². The smallest absolute Gasteiger partial charge is 0.242 e. The SMILES string of the molecule is CC1=CC=C[C@@H](NC(=O)[C@H](C)NC(=O)CC2CC2)C1. The van der Waals surface area contributed by atoms with Crippen molar-refractivity contribution < 1.29 is 9.59 Å². The molecule has 4 heteroatoms. The fraction of sp³-hybridized carbons (Fsp3) is 0.600. The first kappa shape index (κ1) is 13.8. The predicted octanol–water partition coefficient (Wildman–Crippen LogP) is 1.68. The summed E-state index contributed by atoms with van der Waals surface area (Å²) in [5.74, 6) is 0.415. The molecular weight excluding hydrogens is 240 g/mol. The largest absolute Gasteiger partial charge is 0.348 e. The average molecular weight is 262 g/mol. The van der Waals surface area contributed by atoms with Crippen molar-refractivity contribution in [3.8, 4) is 0 Å². The number of nitrogens with one attached hydrogen (secondary N) is 2. The number of allylic oxidation sites excluding steroid dienone is 2. The average Bonchev–Trinajstić information content (AvgIpc) is 3.12. The molecule has 0 aromatic heterocycles. The number of amides is 2. The molecule has 4 nitrogen and oxygen atoms in total. The van der Waals surface area contributed by atoms with E-state index in [-0.39, 0.29) is 17.9 Å². The van der Waals surface area contributed by atoms with E-state index in [2.05, 4.69) is 10.6 Å². The molecule has 0 spiro atoms. The van der Waals surface area contributed by atoms with Crippen LogP contribution >= 0.6 is 0 Å². The van der Waals surface area contributed by atoms with Gasteiger partial charge in [0.2, 0.25) is 11.8 Å². The van der Waals surface area contributed by atoms with E-state index in [1.165, 1.54) is 5.57 Å². The van der Waals surface area contributed by atoms with Crippen LogP contribution in [0.3, 0.4) is 0 Å². The van der Waals surface area contributed by atoms with Crippen LogP contribution in [0.5, 0.6) is 0 Å². The Hall–Kier alpha value is -1.58. The summed E-state index contributed by atoms with van der Waals surface area (Å²) in [6, 6.07) is -0.425. The zero-order valence-electron chi connectivity index (χ0n) is 11.6. The van der Waals surface area contributed by atoms with Crippen LogP contribution in [0.15, 0.2) is 23.8 Å². The predicted molar refractivity (Wildman–Crippen MR) is 74.4 cm³/mol. The van der Waals surface area contributed by atoms with Crippen molar-refractivity contribution in [2.24, 2.45) is 5.92 Å². The van der Waals surface area contributed by atoms with Gasteiger partial charge in [-0.2, -0.15) is 0 Å². The van der Waals surface area contributed by atoms with E-state index in [1.54, 1.807) is 6.92 Å². The third-order valence-electron chi connectivity index (χ3n) is 3.54. The second kappa shape index (κ2) is 6.04. The number of rotatable bonds is 5. The van der Waals surface area contributed by atoms with E-state index in [0.29, 0.717) is 12.3 Å².